The van der Waals surface area contributed by atoms with Crippen LogP contribution in [0, 0.1) is 6.92 Å². The number of hydrogen-bond acceptors (Lipinski definition) is 7. The predicted octanol–water partition coefficient (Wildman–Crippen LogP) is 4.13. The van der Waals surface area contributed by atoms with E-state index in [1.54, 1.807) is 0 Å². The van der Waals surface area contributed by atoms with Crippen molar-refractivity contribution in [1.29, 1.82) is 0 Å². The van der Waals surface area contributed by atoms with Crippen LogP contribution in [0.25, 0.3) is 11.1 Å². The zero-order valence-electron chi connectivity index (χ0n) is 15.5. The lowest BCUT2D eigenvalue weighted by Gasteiger charge is -2.34. The number of oxazole rings is 1. The molecule has 8 heteroatoms. The first kappa shape index (κ1) is 18.5. The first-order valence-electron chi connectivity index (χ1n) is 8.87. The lowest BCUT2D eigenvalue weighted by atomic mass is 10.2. The number of morpholine rings is 1. The molecule has 27 heavy (non-hydrogen) atoms. The van der Waals surface area contributed by atoms with Crippen molar-refractivity contribution < 1.29 is 13.9 Å². The Balaban J connectivity index is 1.40. The molecule has 1 amide bonds. The first-order chi connectivity index (χ1) is 13.0. The molecule has 1 saturated heterocycles. The molecule has 2 atom stereocenters. The van der Waals surface area contributed by atoms with Gasteiger partial charge in [-0.2, -0.15) is 0 Å². The second-order valence-electron chi connectivity index (χ2n) is 6.83. The summed E-state index contributed by atoms with van der Waals surface area (Å²) in [6.07, 6.45) is 0.100. The molecule has 2 aromatic heterocycles. The number of aromatic nitrogens is 2. The lowest BCUT2D eigenvalue weighted by molar-refractivity contribution is -0.0587. The predicted molar refractivity (Wildman–Crippen MR) is 106 cm³/mol. The van der Waals surface area contributed by atoms with E-state index in [2.05, 4.69) is 9.97 Å². The highest BCUT2D eigenvalue weighted by molar-refractivity contribution is 7.98. The summed E-state index contributed by atoms with van der Waals surface area (Å²) in [5.41, 5.74) is 3.31. The summed E-state index contributed by atoms with van der Waals surface area (Å²) < 4.78 is 11.5. The average Bonchev–Trinajstić information content (AvgIpc) is 3.24. The Hall–Kier alpha value is -1.90. The number of carbonyl (C=O) groups excluding carboxylic acids is 1. The fourth-order valence-electron chi connectivity index (χ4n) is 3.18. The molecule has 3 heterocycles. The number of carbonyl (C=O) groups is 1. The second kappa shape index (κ2) is 7.61. The molecule has 4 rings (SSSR count). The minimum absolute atomic E-state index is 0.0261. The van der Waals surface area contributed by atoms with Gasteiger partial charge in [0.2, 0.25) is 0 Å². The number of amides is 1. The van der Waals surface area contributed by atoms with Gasteiger partial charge in [0, 0.05) is 18.5 Å². The van der Waals surface area contributed by atoms with Crippen molar-refractivity contribution >= 4 is 40.1 Å². The maximum Gasteiger partial charge on any atom is 0.273 e. The van der Waals surface area contributed by atoms with E-state index in [0.717, 1.165) is 21.7 Å². The Morgan fingerprint density at radius 1 is 1.30 bits per heavy atom. The smallest absolute Gasteiger partial charge is 0.273 e. The minimum atomic E-state index is -0.0261. The monoisotopic (exact) mass is 403 g/mol. The number of aryl methyl sites for hydroxylation is 1. The zero-order chi connectivity index (χ0) is 19.0. The molecule has 1 aromatic carbocycles. The lowest BCUT2D eigenvalue weighted by Crippen LogP contribution is -2.48. The SMILES string of the molecule is Cc1ccc2oc(SCc3nc(C(=O)N4CC(C)OC(C)C4)cs3)nc2c1. The van der Waals surface area contributed by atoms with Crippen molar-refractivity contribution in [2.75, 3.05) is 13.1 Å². The summed E-state index contributed by atoms with van der Waals surface area (Å²) in [7, 11) is 0. The summed E-state index contributed by atoms with van der Waals surface area (Å²) in [5.74, 6) is 0.599. The van der Waals surface area contributed by atoms with E-state index < -0.39 is 0 Å². The Morgan fingerprint density at radius 2 is 2.07 bits per heavy atom. The van der Waals surface area contributed by atoms with Crippen LogP contribution in [0.2, 0.25) is 0 Å². The van der Waals surface area contributed by atoms with Crippen LogP contribution in [0.4, 0.5) is 0 Å². The van der Waals surface area contributed by atoms with Gasteiger partial charge in [0.25, 0.3) is 11.1 Å². The van der Waals surface area contributed by atoms with E-state index in [9.17, 15) is 4.79 Å². The van der Waals surface area contributed by atoms with Gasteiger partial charge < -0.3 is 14.1 Å². The number of ether oxygens (including phenoxy) is 1. The van der Waals surface area contributed by atoms with Crippen molar-refractivity contribution in [3.63, 3.8) is 0 Å². The molecule has 1 aliphatic rings. The highest BCUT2D eigenvalue weighted by Gasteiger charge is 2.27. The Kier molecular flexibility index (Phi) is 5.21. The van der Waals surface area contributed by atoms with Crippen LogP contribution in [0.5, 0.6) is 0 Å². The van der Waals surface area contributed by atoms with Crippen LogP contribution in [-0.2, 0) is 10.5 Å². The molecule has 1 fully saturated rings. The summed E-state index contributed by atoms with van der Waals surface area (Å²) in [6.45, 7) is 7.22. The fourth-order valence-corrected chi connectivity index (χ4v) is 4.81. The molecular weight excluding hydrogens is 382 g/mol. The normalized spacial score (nSPS) is 20.3. The molecule has 0 aliphatic carbocycles. The van der Waals surface area contributed by atoms with Crippen molar-refractivity contribution in [2.45, 2.75) is 44.0 Å². The first-order valence-corrected chi connectivity index (χ1v) is 10.7. The molecule has 142 valence electrons. The molecule has 3 aromatic rings. The van der Waals surface area contributed by atoms with E-state index in [1.165, 1.54) is 23.1 Å². The zero-order valence-corrected chi connectivity index (χ0v) is 17.1. The van der Waals surface area contributed by atoms with Crippen LogP contribution >= 0.6 is 23.1 Å². The molecule has 2 unspecified atom stereocenters. The number of thioether (sulfide) groups is 1. The largest absolute Gasteiger partial charge is 0.431 e. The summed E-state index contributed by atoms with van der Waals surface area (Å²) in [4.78, 5) is 23.6. The molecule has 0 spiro atoms. The van der Waals surface area contributed by atoms with Gasteiger partial charge in [-0.1, -0.05) is 17.8 Å². The quantitative estimate of drug-likeness (QED) is 0.610. The van der Waals surface area contributed by atoms with Gasteiger partial charge in [0.15, 0.2) is 5.58 Å². The molecule has 1 aliphatic heterocycles. The Bertz CT molecular complexity index is 958. The standard InChI is InChI=1S/C19H21N3O3S2/c1-11-4-5-16-14(6-11)21-19(25-16)27-10-17-20-15(9-26-17)18(23)22-7-12(2)24-13(3)8-22/h4-6,9,12-13H,7-8,10H2,1-3H3. The van der Waals surface area contributed by atoms with Crippen molar-refractivity contribution in [1.82, 2.24) is 14.9 Å². The molecule has 0 bridgehead atoms. The molecule has 6 nitrogen and oxygen atoms in total. The second-order valence-corrected chi connectivity index (χ2v) is 8.70. The number of nitrogens with zero attached hydrogens (tertiary/aromatic N) is 3. The van der Waals surface area contributed by atoms with Crippen LogP contribution in [0.3, 0.4) is 0 Å². The van der Waals surface area contributed by atoms with Crippen molar-refractivity contribution in [2.24, 2.45) is 0 Å². The highest BCUT2D eigenvalue weighted by atomic mass is 32.2. The Morgan fingerprint density at radius 3 is 2.85 bits per heavy atom. The van der Waals surface area contributed by atoms with Gasteiger partial charge in [-0.25, -0.2) is 9.97 Å². The maximum absolute atomic E-state index is 12.7. The topological polar surface area (TPSA) is 68.5 Å². The van der Waals surface area contributed by atoms with Gasteiger partial charge in [0.1, 0.15) is 16.2 Å². The van der Waals surface area contributed by atoms with E-state index in [4.69, 9.17) is 9.15 Å². The third-order valence-corrected chi connectivity index (χ3v) is 6.19. The summed E-state index contributed by atoms with van der Waals surface area (Å²) in [6, 6.07) is 5.95. The van der Waals surface area contributed by atoms with Gasteiger partial charge in [0.05, 0.1) is 18.0 Å². The molecule has 0 radical (unpaired) electrons. The number of benzene rings is 1. The van der Waals surface area contributed by atoms with Crippen molar-refractivity contribution in [3.05, 3.63) is 39.8 Å². The van der Waals surface area contributed by atoms with Crippen LogP contribution in [0.1, 0.15) is 34.9 Å². The number of thiazole rings is 1. The number of rotatable bonds is 4. The van der Waals surface area contributed by atoms with Crippen molar-refractivity contribution in [3.8, 4) is 0 Å². The maximum atomic E-state index is 12.7. The van der Waals surface area contributed by atoms with E-state index in [0.29, 0.717) is 29.8 Å². The molecule has 0 saturated carbocycles. The van der Waals surface area contributed by atoms with E-state index in [-0.39, 0.29) is 18.1 Å². The third-order valence-electron chi connectivity index (χ3n) is 4.32. The number of fused-ring (bicyclic) bond motifs is 1. The third kappa shape index (κ3) is 4.17. The van der Waals surface area contributed by atoms with E-state index >= 15 is 0 Å². The minimum Gasteiger partial charge on any atom is -0.431 e. The molecular formula is C19H21N3O3S2. The Labute approximate surface area is 165 Å². The van der Waals surface area contributed by atoms with Gasteiger partial charge in [-0.15, -0.1) is 11.3 Å². The van der Waals surface area contributed by atoms with Crippen LogP contribution < -0.4 is 0 Å². The van der Waals surface area contributed by atoms with Crippen LogP contribution in [-0.4, -0.2) is 46.1 Å². The van der Waals surface area contributed by atoms with Gasteiger partial charge in [-0.3, -0.25) is 4.79 Å². The van der Waals surface area contributed by atoms with Crippen LogP contribution in [0.15, 0.2) is 33.2 Å². The van der Waals surface area contributed by atoms with E-state index in [1.807, 2.05) is 49.3 Å². The number of hydrogen-bond donors (Lipinski definition) is 0. The molecule has 0 N–H and O–H groups in total. The van der Waals surface area contributed by atoms with Gasteiger partial charge >= 0.3 is 0 Å². The highest BCUT2D eigenvalue weighted by Crippen LogP contribution is 2.28. The summed E-state index contributed by atoms with van der Waals surface area (Å²) >= 11 is 2.98. The summed E-state index contributed by atoms with van der Waals surface area (Å²) in [5, 5.41) is 3.34. The fraction of sp³-hybridized carbons (Fsp3) is 0.421. The van der Waals surface area contributed by atoms with Gasteiger partial charge in [-0.05, 0) is 38.5 Å². The average molecular weight is 404 g/mol.